The summed E-state index contributed by atoms with van der Waals surface area (Å²) in [4.78, 5) is 16.5. The van der Waals surface area contributed by atoms with Gasteiger partial charge < -0.3 is 16.2 Å². The highest BCUT2D eigenvalue weighted by Crippen LogP contribution is 2.24. The van der Waals surface area contributed by atoms with E-state index in [1.54, 1.807) is 19.2 Å². The molecule has 0 unspecified atom stereocenters. The van der Waals surface area contributed by atoms with Gasteiger partial charge >= 0.3 is 5.97 Å². The van der Waals surface area contributed by atoms with Crippen molar-refractivity contribution in [3.05, 3.63) is 53.2 Å². The molecule has 1 aromatic carbocycles. The Morgan fingerprint density at radius 2 is 1.96 bits per heavy atom. The molecular formula is C17H19N5O2. The predicted octanol–water partition coefficient (Wildman–Crippen LogP) is 1.84. The highest BCUT2D eigenvalue weighted by Gasteiger charge is 2.17. The van der Waals surface area contributed by atoms with Crippen molar-refractivity contribution in [1.29, 1.82) is 0 Å². The van der Waals surface area contributed by atoms with E-state index in [0.717, 1.165) is 16.7 Å². The van der Waals surface area contributed by atoms with E-state index in [-0.39, 0.29) is 11.9 Å². The van der Waals surface area contributed by atoms with Crippen LogP contribution in [0.2, 0.25) is 0 Å². The molecule has 0 aliphatic rings. The van der Waals surface area contributed by atoms with Gasteiger partial charge in [0.05, 0.1) is 24.1 Å². The molecule has 124 valence electrons. The van der Waals surface area contributed by atoms with E-state index in [9.17, 15) is 4.79 Å². The van der Waals surface area contributed by atoms with Crippen LogP contribution >= 0.6 is 0 Å². The number of nitrogens with zero attached hydrogens (tertiary/aromatic N) is 3. The van der Waals surface area contributed by atoms with Crippen molar-refractivity contribution in [2.75, 3.05) is 6.61 Å². The maximum absolute atomic E-state index is 12.2. The minimum absolute atomic E-state index is 0.106. The first-order chi connectivity index (χ1) is 11.5. The molecule has 7 nitrogen and oxygen atoms in total. The van der Waals surface area contributed by atoms with Crippen molar-refractivity contribution in [3.8, 4) is 11.3 Å². The van der Waals surface area contributed by atoms with Crippen molar-refractivity contribution in [1.82, 2.24) is 4.98 Å². The van der Waals surface area contributed by atoms with Crippen LogP contribution < -0.4 is 11.5 Å². The first kappa shape index (κ1) is 17.1. The van der Waals surface area contributed by atoms with Crippen molar-refractivity contribution in [2.45, 2.75) is 13.8 Å². The zero-order chi connectivity index (χ0) is 17.5. The number of pyridine rings is 1. The highest BCUT2D eigenvalue weighted by molar-refractivity contribution is 5.97. The maximum Gasteiger partial charge on any atom is 0.340 e. The Morgan fingerprint density at radius 3 is 2.58 bits per heavy atom. The summed E-state index contributed by atoms with van der Waals surface area (Å²) in [5.74, 6) is -0.484. The summed E-state index contributed by atoms with van der Waals surface area (Å²) in [6.45, 7) is 3.94. The summed E-state index contributed by atoms with van der Waals surface area (Å²) in [6.07, 6.45) is 3.20. The van der Waals surface area contributed by atoms with E-state index in [0.29, 0.717) is 17.9 Å². The van der Waals surface area contributed by atoms with E-state index >= 15 is 0 Å². The summed E-state index contributed by atoms with van der Waals surface area (Å²) in [6, 6.07) is 9.15. The number of esters is 1. The van der Waals surface area contributed by atoms with Crippen molar-refractivity contribution < 1.29 is 9.53 Å². The standard InChI is InChI=1S/C17H19N5O2/c1-3-24-16(23)14-11(2)8-9-20-15(14)13-6-4-12(5-7-13)10-21-22-17(18)19/h4-10H,3H2,1-2H3,(H4,18,19,22). The average molecular weight is 325 g/mol. The van der Waals surface area contributed by atoms with E-state index < -0.39 is 0 Å². The number of hydrogen-bond donors (Lipinski definition) is 2. The monoisotopic (exact) mass is 325 g/mol. The van der Waals surface area contributed by atoms with Gasteiger partial charge in [-0.1, -0.05) is 24.3 Å². The average Bonchev–Trinajstić information content (AvgIpc) is 2.55. The zero-order valence-electron chi connectivity index (χ0n) is 13.6. The van der Waals surface area contributed by atoms with Gasteiger partial charge in [-0.25, -0.2) is 4.79 Å². The normalized spacial score (nSPS) is 10.6. The van der Waals surface area contributed by atoms with Gasteiger partial charge in [-0.05, 0) is 31.0 Å². The number of rotatable bonds is 5. The van der Waals surface area contributed by atoms with Crippen LogP contribution in [0.3, 0.4) is 0 Å². The van der Waals surface area contributed by atoms with Crippen molar-refractivity contribution >= 4 is 18.1 Å². The van der Waals surface area contributed by atoms with E-state index in [4.69, 9.17) is 16.2 Å². The SMILES string of the molecule is CCOC(=O)c1c(C)ccnc1-c1ccc(C=NN=C(N)N)cc1. The molecule has 0 aliphatic carbocycles. The number of ether oxygens (including phenoxy) is 1. The molecular weight excluding hydrogens is 306 g/mol. The zero-order valence-corrected chi connectivity index (χ0v) is 13.6. The smallest absolute Gasteiger partial charge is 0.340 e. The van der Waals surface area contributed by atoms with Gasteiger partial charge in [-0.3, -0.25) is 4.98 Å². The van der Waals surface area contributed by atoms with Crippen LogP contribution in [-0.2, 0) is 4.74 Å². The summed E-state index contributed by atoms with van der Waals surface area (Å²) in [5.41, 5.74) is 13.9. The summed E-state index contributed by atoms with van der Waals surface area (Å²) in [5, 5.41) is 7.29. The fourth-order valence-corrected chi connectivity index (χ4v) is 2.13. The lowest BCUT2D eigenvalue weighted by Gasteiger charge is -2.11. The molecule has 4 N–H and O–H groups in total. The Balaban J connectivity index is 2.36. The first-order valence-electron chi connectivity index (χ1n) is 7.38. The topological polar surface area (TPSA) is 116 Å². The van der Waals surface area contributed by atoms with Crippen molar-refractivity contribution in [3.63, 3.8) is 0 Å². The van der Waals surface area contributed by atoms with Crippen LogP contribution in [0, 0.1) is 6.92 Å². The van der Waals surface area contributed by atoms with Crippen LogP contribution in [0.5, 0.6) is 0 Å². The molecule has 0 saturated carbocycles. The second-order valence-electron chi connectivity index (χ2n) is 4.96. The Bertz CT molecular complexity index is 778. The Morgan fingerprint density at radius 1 is 1.25 bits per heavy atom. The lowest BCUT2D eigenvalue weighted by atomic mass is 10.0. The van der Waals surface area contributed by atoms with Crippen LogP contribution in [-0.4, -0.2) is 29.7 Å². The van der Waals surface area contributed by atoms with Gasteiger partial charge in [0, 0.05) is 11.8 Å². The molecule has 1 heterocycles. The molecule has 2 aromatic rings. The second-order valence-corrected chi connectivity index (χ2v) is 4.96. The van der Waals surface area contributed by atoms with E-state index in [2.05, 4.69) is 15.2 Å². The van der Waals surface area contributed by atoms with Gasteiger partial charge in [0.25, 0.3) is 0 Å². The minimum Gasteiger partial charge on any atom is -0.462 e. The lowest BCUT2D eigenvalue weighted by molar-refractivity contribution is 0.0526. The third kappa shape index (κ3) is 4.16. The molecule has 0 atom stereocenters. The van der Waals surface area contributed by atoms with E-state index in [1.165, 1.54) is 6.21 Å². The number of aromatic nitrogens is 1. The molecule has 7 heteroatoms. The Kier molecular flexibility index (Phi) is 5.62. The van der Waals surface area contributed by atoms with Gasteiger partial charge in [-0.15, -0.1) is 5.10 Å². The van der Waals surface area contributed by atoms with E-state index in [1.807, 2.05) is 31.2 Å². The molecule has 24 heavy (non-hydrogen) atoms. The fraction of sp³-hybridized carbons (Fsp3) is 0.176. The van der Waals surface area contributed by atoms with Crippen LogP contribution in [0.25, 0.3) is 11.3 Å². The molecule has 0 spiro atoms. The molecule has 0 amide bonds. The van der Waals surface area contributed by atoms with Crippen LogP contribution in [0.15, 0.2) is 46.7 Å². The van der Waals surface area contributed by atoms with Gasteiger partial charge in [0.2, 0.25) is 5.96 Å². The van der Waals surface area contributed by atoms with Gasteiger partial charge in [-0.2, -0.15) is 5.10 Å². The number of benzene rings is 1. The number of nitrogens with two attached hydrogens (primary N) is 2. The number of carbonyl (C=O) groups is 1. The number of carbonyl (C=O) groups excluding carboxylic acids is 1. The Hall–Kier alpha value is -3.22. The first-order valence-corrected chi connectivity index (χ1v) is 7.38. The lowest BCUT2D eigenvalue weighted by Crippen LogP contribution is -2.21. The number of hydrogen-bond acceptors (Lipinski definition) is 5. The third-order valence-corrected chi connectivity index (χ3v) is 3.20. The highest BCUT2D eigenvalue weighted by atomic mass is 16.5. The molecule has 0 bridgehead atoms. The summed E-state index contributed by atoms with van der Waals surface area (Å²) >= 11 is 0. The molecule has 0 saturated heterocycles. The molecule has 0 aliphatic heterocycles. The van der Waals surface area contributed by atoms with Gasteiger partial charge in [0.1, 0.15) is 0 Å². The minimum atomic E-state index is -0.378. The molecule has 0 radical (unpaired) electrons. The van der Waals surface area contributed by atoms with Gasteiger partial charge in [0.15, 0.2) is 0 Å². The maximum atomic E-state index is 12.2. The van der Waals surface area contributed by atoms with Crippen LogP contribution in [0.1, 0.15) is 28.4 Å². The van der Waals surface area contributed by atoms with Crippen molar-refractivity contribution in [2.24, 2.45) is 21.7 Å². The number of aryl methyl sites for hydroxylation is 1. The fourth-order valence-electron chi connectivity index (χ4n) is 2.13. The Labute approximate surface area is 140 Å². The summed E-state index contributed by atoms with van der Waals surface area (Å²) in [7, 11) is 0. The second kappa shape index (κ2) is 7.87. The molecule has 0 fully saturated rings. The third-order valence-electron chi connectivity index (χ3n) is 3.20. The largest absolute Gasteiger partial charge is 0.462 e. The summed E-state index contributed by atoms with van der Waals surface area (Å²) < 4.78 is 5.13. The van der Waals surface area contributed by atoms with Crippen LogP contribution in [0.4, 0.5) is 0 Å². The molecule has 2 rings (SSSR count). The quantitative estimate of drug-likeness (QED) is 0.376. The predicted molar refractivity (Wildman–Crippen MR) is 93.8 cm³/mol. The molecule has 1 aromatic heterocycles. The number of guanidine groups is 1.